The van der Waals surface area contributed by atoms with Crippen LogP contribution in [-0.4, -0.2) is 33.6 Å². The standard InChI is InChI=1S/C21H19F2N5O2S/c1-12-4-2-5-13(10-12)25-21(30)28-9-3-6-17(28)19-26-27-20(31-19)18(29)24-14-7-8-15(22)16(23)11-14/h2,4-5,7-8,10-11,17H,3,6,9H2,1H3,(H,24,29)(H,25,30). The minimum Gasteiger partial charge on any atom is -0.320 e. The molecule has 0 bridgehead atoms. The Balaban J connectivity index is 1.45. The molecule has 0 aliphatic carbocycles. The molecule has 1 fully saturated rings. The molecule has 160 valence electrons. The van der Waals surface area contributed by atoms with E-state index in [0.717, 1.165) is 35.5 Å². The number of halogens is 2. The average Bonchev–Trinajstić information content (AvgIpc) is 3.40. The molecule has 2 heterocycles. The Hall–Kier alpha value is -3.40. The average molecular weight is 443 g/mol. The number of rotatable bonds is 4. The molecule has 7 nitrogen and oxygen atoms in total. The maximum absolute atomic E-state index is 13.3. The molecule has 1 aromatic heterocycles. The molecule has 3 aromatic rings. The quantitative estimate of drug-likeness (QED) is 0.609. The van der Waals surface area contributed by atoms with E-state index in [1.54, 1.807) is 4.90 Å². The van der Waals surface area contributed by atoms with Crippen LogP contribution in [0.1, 0.15) is 39.3 Å². The third-order valence-electron chi connectivity index (χ3n) is 4.88. The summed E-state index contributed by atoms with van der Waals surface area (Å²) >= 11 is 1.07. The summed E-state index contributed by atoms with van der Waals surface area (Å²) in [4.78, 5) is 26.9. The van der Waals surface area contributed by atoms with Crippen molar-refractivity contribution in [1.29, 1.82) is 0 Å². The molecule has 0 radical (unpaired) electrons. The number of nitrogens with one attached hydrogen (secondary N) is 2. The van der Waals surface area contributed by atoms with Crippen molar-refractivity contribution in [2.45, 2.75) is 25.8 Å². The van der Waals surface area contributed by atoms with Crippen molar-refractivity contribution < 1.29 is 18.4 Å². The first-order valence-corrected chi connectivity index (χ1v) is 10.5. The Morgan fingerprint density at radius 2 is 1.87 bits per heavy atom. The Labute approximate surface area is 181 Å². The second-order valence-electron chi connectivity index (χ2n) is 7.18. The first-order chi connectivity index (χ1) is 14.9. The number of likely N-dealkylation sites (tertiary alicyclic amines) is 1. The second-order valence-corrected chi connectivity index (χ2v) is 8.19. The van der Waals surface area contributed by atoms with Gasteiger partial charge in [-0.3, -0.25) is 4.79 Å². The summed E-state index contributed by atoms with van der Waals surface area (Å²) in [5.74, 6) is -2.64. The number of nitrogens with zero attached hydrogens (tertiary/aromatic N) is 3. The van der Waals surface area contributed by atoms with Crippen molar-refractivity contribution in [3.8, 4) is 0 Å². The van der Waals surface area contributed by atoms with Gasteiger partial charge in [-0.15, -0.1) is 10.2 Å². The van der Waals surface area contributed by atoms with Gasteiger partial charge in [-0.2, -0.15) is 0 Å². The van der Waals surface area contributed by atoms with Crippen molar-refractivity contribution in [2.75, 3.05) is 17.2 Å². The van der Waals surface area contributed by atoms with Gasteiger partial charge in [-0.1, -0.05) is 23.5 Å². The molecule has 1 unspecified atom stereocenters. The molecule has 1 aliphatic heterocycles. The fourth-order valence-corrected chi connectivity index (χ4v) is 4.29. The molecule has 2 aromatic carbocycles. The van der Waals surface area contributed by atoms with Crippen LogP contribution in [0, 0.1) is 18.6 Å². The van der Waals surface area contributed by atoms with E-state index < -0.39 is 17.5 Å². The fraction of sp³-hybridized carbons (Fsp3) is 0.238. The van der Waals surface area contributed by atoms with Crippen LogP contribution >= 0.6 is 11.3 Å². The van der Waals surface area contributed by atoms with Crippen LogP contribution in [0.2, 0.25) is 0 Å². The van der Waals surface area contributed by atoms with Crippen molar-refractivity contribution in [2.24, 2.45) is 0 Å². The van der Waals surface area contributed by atoms with Crippen molar-refractivity contribution in [3.05, 3.63) is 69.7 Å². The highest BCUT2D eigenvalue weighted by Crippen LogP contribution is 2.34. The molecule has 0 spiro atoms. The topological polar surface area (TPSA) is 87.2 Å². The van der Waals surface area contributed by atoms with Crippen molar-refractivity contribution in [3.63, 3.8) is 0 Å². The van der Waals surface area contributed by atoms with E-state index in [2.05, 4.69) is 20.8 Å². The lowest BCUT2D eigenvalue weighted by Crippen LogP contribution is -2.34. The monoisotopic (exact) mass is 443 g/mol. The number of amides is 3. The molecule has 10 heteroatoms. The third-order valence-corrected chi connectivity index (χ3v) is 5.90. The van der Waals surface area contributed by atoms with Gasteiger partial charge in [0, 0.05) is 24.0 Å². The molecular formula is C21H19F2N5O2S. The normalized spacial score (nSPS) is 15.7. The van der Waals surface area contributed by atoms with Gasteiger partial charge in [0.1, 0.15) is 5.01 Å². The van der Waals surface area contributed by atoms with Gasteiger partial charge >= 0.3 is 6.03 Å². The summed E-state index contributed by atoms with van der Waals surface area (Å²) in [5, 5.41) is 14.0. The van der Waals surface area contributed by atoms with Crippen LogP contribution in [0.5, 0.6) is 0 Å². The summed E-state index contributed by atoms with van der Waals surface area (Å²) in [6.07, 6.45) is 1.52. The van der Waals surface area contributed by atoms with Crippen LogP contribution in [0.3, 0.4) is 0 Å². The van der Waals surface area contributed by atoms with Gasteiger partial charge in [0.05, 0.1) is 6.04 Å². The van der Waals surface area contributed by atoms with Crippen LogP contribution in [-0.2, 0) is 0 Å². The van der Waals surface area contributed by atoms with Gasteiger partial charge in [-0.25, -0.2) is 13.6 Å². The molecule has 2 N–H and O–H groups in total. The van der Waals surface area contributed by atoms with Crippen molar-refractivity contribution >= 4 is 34.6 Å². The summed E-state index contributed by atoms with van der Waals surface area (Å²) in [6.45, 7) is 2.51. The molecule has 3 amide bonds. The molecule has 1 atom stereocenters. The first kappa shape index (κ1) is 20.9. The zero-order valence-corrected chi connectivity index (χ0v) is 17.4. The van der Waals surface area contributed by atoms with E-state index in [1.807, 2.05) is 31.2 Å². The number of hydrogen-bond acceptors (Lipinski definition) is 5. The molecule has 0 saturated carbocycles. The van der Waals surface area contributed by atoms with Crippen molar-refractivity contribution in [1.82, 2.24) is 15.1 Å². The highest BCUT2D eigenvalue weighted by molar-refractivity contribution is 7.13. The van der Waals surface area contributed by atoms with Gasteiger partial charge in [0.15, 0.2) is 11.6 Å². The van der Waals surface area contributed by atoms with E-state index >= 15 is 0 Å². The Kier molecular flexibility index (Phi) is 5.90. The number of benzene rings is 2. The molecule has 1 aliphatic rings. The van der Waals surface area contributed by atoms with Gasteiger partial charge in [0.2, 0.25) is 5.01 Å². The number of aromatic nitrogens is 2. The lowest BCUT2D eigenvalue weighted by atomic mass is 10.2. The first-order valence-electron chi connectivity index (χ1n) is 9.65. The number of hydrogen-bond donors (Lipinski definition) is 2. The SMILES string of the molecule is Cc1cccc(NC(=O)N2CCCC2c2nnc(C(=O)Nc3ccc(F)c(F)c3)s2)c1. The summed E-state index contributed by atoms with van der Waals surface area (Å²) in [7, 11) is 0. The lowest BCUT2D eigenvalue weighted by molar-refractivity contribution is 0.102. The highest BCUT2D eigenvalue weighted by Gasteiger charge is 2.33. The summed E-state index contributed by atoms with van der Waals surface area (Å²) in [6, 6.07) is 10.1. The number of aryl methyl sites for hydroxylation is 1. The van der Waals surface area contributed by atoms with E-state index in [0.29, 0.717) is 23.7 Å². The number of carbonyl (C=O) groups is 2. The van der Waals surface area contributed by atoms with Crippen LogP contribution < -0.4 is 10.6 Å². The van der Waals surface area contributed by atoms with Gasteiger partial charge in [-0.05, 0) is 49.6 Å². The zero-order chi connectivity index (χ0) is 22.0. The van der Waals surface area contributed by atoms with E-state index in [-0.39, 0.29) is 22.8 Å². The Morgan fingerprint density at radius 1 is 1.06 bits per heavy atom. The Bertz CT molecular complexity index is 1140. The third kappa shape index (κ3) is 4.69. The Morgan fingerprint density at radius 3 is 2.65 bits per heavy atom. The molecule has 4 rings (SSSR count). The zero-order valence-electron chi connectivity index (χ0n) is 16.6. The maximum atomic E-state index is 13.3. The number of anilines is 2. The lowest BCUT2D eigenvalue weighted by Gasteiger charge is -2.23. The predicted molar refractivity (Wildman–Crippen MR) is 113 cm³/mol. The van der Waals surface area contributed by atoms with E-state index in [4.69, 9.17) is 0 Å². The van der Waals surface area contributed by atoms with Crippen LogP contribution in [0.15, 0.2) is 42.5 Å². The predicted octanol–water partition coefficient (Wildman–Crippen LogP) is 4.75. The highest BCUT2D eigenvalue weighted by atomic mass is 32.1. The molecular weight excluding hydrogens is 424 g/mol. The van der Waals surface area contributed by atoms with E-state index in [1.165, 1.54) is 6.07 Å². The van der Waals surface area contributed by atoms with Crippen LogP contribution in [0.4, 0.5) is 25.0 Å². The van der Waals surface area contributed by atoms with Gasteiger partial charge in [0.25, 0.3) is 5.91 Å². The largest absolute Gasteiger partial charge is 0.322 e. The molecule has 1 saturated heterocycles. The van der Waals surface area contributed by atoms with Gasteiger partial charge < -0.3 is 15.5 Å². The number of carbonyl (C=O) groups excluding carboxylic acids is 2. The second kappa shape index (κ2) is 8.76. The summed E-state index contributed by atoms with van der Waals surface area (Å²) in [5.41, 5.74) is 1.86. The minimum atomic E-state index is -1.06. The summed E-state index contributed by atoms with van der Waals surface area (Å²) < 4.78 is 26.4. The maximum Gasteiger partial charge on any atom is 0.322 e. The smallest absolute Gasteiger partial charge is 0.320 e. The fourth-order valence-electron chi connectivity index (χ4n) is 3.40. The van der Waals surface area contributed by atoms with Crippen LogP contribution in [0.25, 0.3) is 0 Å². The number of urea groups is 1. The van der Waals surface area contributed by atoms with E-state index in [9.17, 15) is 18.4 Å². The molecule has 31 heavy (non-hydrogen) atoms. The minimum absolute atomic E-state index is 0.0747.